The highest BCUT2D eigenvalue weighted by Crippen LogP contribution is 2.21. The highest BCUT2D eigenvalue weighted by molar-refractivity contribution is 5.95. The first kappa shape index (κ1) is 14.5. The molecule has 1 heterocycles. The Bertz CT molecular complexity index is 490. The summed E-state index contributed by atoms with van der Waals surface area (Å²) in [6.45, 7) is 0.811. The summed E-state index contributed by atoms with van der Waals surface area (Å²) in [5.41, 5.74) is 6.98. The number of hydrogen-bond donors (Lipinski definition) is 2. The number of nitrogens with two attached hydrogens (primary N) is 1. The van der Waals surface area contributed by atoms with Crippen molar-refractivity contribution in [3.63, 3.8) is 0 Å². The number of benzene rings is 1. The summed E-state index contributed by atoms with van der Waals surface area (Å²) < 4.78 is 0. The van der Waals surface area contributed by atoms with Crippen LogP contribution in [0.3, 0.4) is 0 Å². The number of β-amino-alcohol motifs (C(OH)–C–C–N with tert-alkyl or cyclic N) is 1. The van der Waals surface area contributed by atoms with E-state index in [0.717, 1.165) is 11.3 Å². The maximum atomic E-state index is 11.5. The van der Waals surface area contributed by atoms with E-state index in [4.69, 9.17) is 10.6 Å². The van der Waals surface area contributed by atoms with E-state index in [1.165, 1.54) is 7.11 Å². The van der Waals surface area contributed by atoms with Gasteiger partial charge in [-0.05, 0) is 5.56 Å². The maximum Gasteiger partial charge on any atom is 0.235 e. The van der Waals surface area contributed by atoms with Crippen molar-refractivity contribution in [2.24, 2.45) is 10.9 Å². The van der Waals surface area contributed by atoms with Gasteiger partial charge in [0.2, 0.25) is 5.91 Å². The van der Waals surface area contributed by atoms with Gasteiger partial charge < -0.3 is 15.7 Å². The highest BCUT2D eigenvalue weighted by Gasteiger charge is 2.34. The molecule has 1 aliphatic rings. The Morgan fingerprint density at radius 2 is 2.25 bits per heavy atom. The molecule has 2 atom stereocenters. The number of aliphatic hydroxyl groups excluding tert-OH is 1. The number of likely N-dealkylation sites (tertiary alicyclic amines) is 1. The van der Waals surface area contributed by atoms with Gasteiger partial charge in [0.15, 0.2) is 0 Å². The van der Waals surface area contributed by atoms with Crippen molar-refractivity contribution in [1.82, 2.24) is 4.90 Å². The lowest BCUT2D eigenvalue weighted by molar-refractivity contribution is -0.122. The molecule has 0 aromatic heterocycles. The Morgan fingerprint density at radius 1 is 1.55 bits per heavy atom. The minimum Gasteiger partial charge on any atom is -0.399 e. The average molecular weight is 277 g/mol. The molecule has 108 valence electrons. The molecule has 1 unspecified atom stereocenters. The van der Waals surface area contributed by atoms with Gasteiger partial charge in [0.1, 0.15) is 7.11 Å². The van der Waals surface area contributed by atoms with Gasteiger partial charge in [0, 0.05) is 19.5 Å². The predicted octanol–water partition coefficient (Wildman–Crippen LogP) is 0.282. The number of aliphatic hydroxyl groups is 1. The number of carbonyl (C=O) groups excluding carboxylic acids is 1. The van der Waals surface area contributed by atoms with Crippen LogP contribution in [0.15, 0.2) is 35.5 Å². The van der Waals surface area contributed by atoms with Crippen molar-refractivity contribution < 1.29 is 14.7 Å². The second-order valence-electron chi connectivity index (χ2n) is 4.82. The van der Waals surface area contributed by atoms with Crippen LogP contribution in [0.1, 0.15) is 18.1 Å². The van der Waals surface area contributed by atoms with E-state index in [-0.39, 0.29) is 0 Å². The topological polar surface area (TPSA) is 88.2 Å². The molecule has 0 spiro atoms. The minimum absolute atomic E-state index is 0.334. The number of carbonyl (C=O) groups is 1. The molecule has 6 heteroatoms. The van der Waals surface area contributed by atoms with Gasteiger partial charge in [-0.25, -0.2) is 0 Å². The third-order valence-electron chi connectivity index (χ3n) is 3.40. The Hall–Kier alpha value is -1.92. The van der Waals surface area contributed by atoms with Crippen LogP contribution in [0.25, 0.3) is 0 Å². The summed E-state index contributed by atoms with van der Waals surface area (Å²) in [6, 6.07) is 8.88. The van der Waals surface area contributed by atoms with Crippen molar-refractivity contribution in [3.8, 4) is 0 Å². The molecular weight excluding hydrogens is 258 g/mol. The summed E-state index contributed by atoms with van der Waals surface area (Å²) in [4.78, 5) is 18.1. The normalized spacial score (nSPS) is 22.9. The highest BCUT2D eigenvalue weighted by atomic mass is 16.6. The summed E-state index contributed by atoms with van der Waals surface area (Å²) in [5.74, 6) is -0.411. The van der Waals surface area contributed by atoms with Crippen molar-refractivity contribution >= 4 is 11.6 Å². The molecule has 0 bridgehead atoms. The predicted molar refractivity (Wildman–Crippen MR) is 75.0 cm³/mol. The Labute approximate surface area is 117 Å². The standard InChI is InChI=1S/C14H19N3O3/c1-20-16-11-7-12(14(15)19)17(8-11)9-13(18)10-5-3-2-4-6-10/h2-6,12-13,18H,7-9H2,1H3,(H2,15,19)/t12?,13-/m1/s1. The molecule has 0 saturated carbocycles. The van der Waals surface area contributed by atoms with E-state index in [1.807, 2.05) is 35.2 Å². The summed E-state index contributed by atoms with van der Waals surface area (Å²) in [5, 5.41) is 14.1. The zero-order valence-corrected chi connectivity index (χ0v) is 11.4. The second-order valence-corrected chi connectivity index (χ2v) is 4.82. The summed E-state index contributed by atoms with van der Waals surface area (Å²) in [7, 11) is 1.47. The Balaban J connectivity index is 2.07. The first-order chi connectivity index (χ1) is 9.61. The third-order valence-corrected chi connectivity index (χ3v) is 3.40. The van der Waals surface area contributed by atoms with Crippen LogP contribution in [0.2, 0.25) is 0 Å². The molecule has 20 heavy (non-hydrogen) atoms. The van der Waals surface area contributed by atoms with E-state index < -0.39 is 18.1 Å². The first-order valence-electron chi connectivity index (χ1n) is 6.47. The number of hydrogen-bond acceptors (Lipinski definition) is 5. The second kappa shape index (κ2) is 6.49. The maximum absolute atomic E-state index is 11.5. The van der Waals surface area contributed by atoms with Gasteiger partial charge >= 0.3 is 0 Å². The fraction of sp³-hybridized carbons (Fsp3) is 0.429. The Morgan fingerprint density at radius 3 is 2.85 bits per heavy atom. The fourth-order valence-electron chi connectivity index (χ4n) is 2.43. The third kappa shape index (κ3) is 3.34. The van der Waals surface area contributed by atoms with Crippen molar-refractivity contribution in [2.75, 3.05) is 20.2 Å². The first-order valence-corrected chi connectivity index (χ1v) is 6.47. The average Bonchev–Trinajstić information content (AvgIpc) is 2.83. The van der Waals surface area contributed by atoms with Gasteiger partial charge in [-0.15, -0.1) is 0 Å². The van der Waals surface area contributed by atoms with E-state index in [0.29, 0.717) is 19.5 Å². The van der Waals surface area contributed by atoms with Gasteiger partial charge in [-0.1, -0.05) is 35.5 Å². The van der Waals surface area contributed by atoms with Crippen LogP contribution in [-0.4, -0.2) is 47.9 Å². The van der Waals surface area contributed by atoms with Crippen LogP contribution in [0, 0.1) is 0 Å². The molecule has 3 N–H and O–H groups in total. The summed E-state index contributed by atoms with van der Waals surface area (Å²) >= 11 is 0. The lowest BCUT2D eigenvalue weighted by Gasteiger charge is -2.24. The van der Waals surface area contributed by atoms with Gasteiger partial charge in [0.05, 0.1) is 17.9 Å². The smallest absolute Gasteiger partial charge is 0.235 e. The van der Waals surface area contributed by atoms with Crippen molar-refractivity contribution in [3.05, 3.63) is 35.9 Å². The van der Waals surface area contributed by atoms with Crippen LogP contribution in [0.4, 0.5) is 0 Å². The molecule has 1 saturated heterocycles. The lowest BCUT2D eigenvalue weighted by atomic mass is 10.1. The SMILES string of the molecule is CON=C1CC(C(N)=O)N(C[C@@H](O)c2ccccc2)C1. The van der Waals surface area contributed by atoms with Crippen LogP contribution < -0.4 is 5.73 Å². The molecule has 1 aromatic carbocycles. The molecule has 6 nitrogen and oxygen atoms in total. The van der Waals surface area contributed by atoms with Crippen molar-refractivity contribution in [2.45, 2.75) is 18.6 Å². The molecule has 0 aliphatic carbocycles. The molecule has 0 radical (unpaired) electrons. The number of nitrogens with zero attached hydrogens (tertiary/aromatic N) is 2. The monoisotopic (exact) mass is 277 g/mol. The quantitative estimate of drug-likeness (QED) is 0.757. The zero-order chi connectivity index (χ0) is 14.5. The minimum atomic E-state index is -0.667. The van der Waals surface area contributed by atoms with E-state index in [9.17, 15) is 9.90 Å². The van der Waals surface area contributed by atoms with Crippen LogP contribution >= 0.6 is 0 Å². The largest absolute Gasteiger partial charge is 0.399 e. The Kier molecular flexibility index (Phi) is 4.70. The molecule has 1 aromatic rings. The molecular formula is C14H19N3O3. The van der Waals surface area contributed by atoms with Gasteiger partial charge in [0.25, 0.3) is 0 Å². The van der Waals surface area contributed by atoms with Crippen LogP contribution in [-0.2, 0) is 9.63 Å². The van der Waals surface area contributed by atoms with Crippen LogP contribution in [0.5, 0.6) is 0 Å². The van der Waals surface area contributed by atoms with Crippen molar-refractivity contribution in [1.29, 1.82) is 0 Å². The molecule has 1 aliphatic heterocycles. The summed E-state index contributed by atoms with van der Waals surface area (Å²) in [6.07, 6.45) is -0.218. The van der Waals surface area contributed by atoms with Gasteiger partial charge in [-0.3, -0.25) is 9.69 Å². The molecule has 1 fully saturated rings. The number of amides is 1. The molecule has 2 rings (SSSR count). The number of rotatable bonds is 5. The number of oxime groups is 1. The van der Waals surface area contributed by atoms with E-state index >= 15 is 0 Å². The van der Waals surface area contributed by atoms with Gasteiger partial charge in [-0.2, -0.15) is 0 Å². The fourth-order valence-corrected chi connectivity index (χ4v) is 2.43. The zero-order valence-electron chi connectivity index (χ0n) is 11.4. The lowest BCUT2D eigenvalue weighted by Crippen LogP contribution is -2.42. The van der Waals surface area contributed by atoms with E-state index in [1.54, 1.807) is 0 Å². The molecule has 1 amide bonds. The van der Waals surface area contributed by atoms with E-state index in [2.05, 4.69) is 5.16 Å². The number of primary amides is 1.